The molecule has 1 amide bonds. The van der Waals surface area contributed by atoms with Crippen LogP contribution in [0.4, 0.5) is 9.18 Å². The maximum atomic E-state index is 14.2. The zero-order valence-corrected chi connectivity index (χ0v) is 14.6. The van der Waals surface area contributed by atoms with Gasteiger partial charge in [0.2, 0.25) is 0 Å². The fourth-order valence-corrected chi connectivity index (χ4v) is 2.63. The van der Waals surface area contributed by atoms with E-state index in [9.17, 15) is 14.4 Å². The van der Waals surface area contributed by atoms with Crippen LogP contribution in [0.3, 0.4) is 0 Å². The Morgan fingerprint density at radius 1 is 1.36 bits per heavy atom. The number of halogens is 1. The van der Waals surface area contributed by atoms with Gasteiger partial charge in [-0.2, -0.15) is 10.5 Å². The zero-order valence-electron chi connectivity index (χ0n) is 14.6. The number of rotatable bonds is 2. The van der Waals surface area contributed by atoms with E-state index in [-0.39, 0.29) is 18.7 Å². The number of hydrogen-bond donors (Lipinski definition) is 0. The summed E-state index contributed by atoms with van der Waals surface area (Å²) < 4.78 is 19.6. The van der Waals surface area contributed by atoms with Crippen LogP contribution >= 0.6 is 0 Å². The van der Waals surface area contributed by atoms with Gasteiger partial charge in [-0.3, -0.25) is 4.90 Å². The van der Waals surface area contributed by atoms with Gasteiger partial charge in [0, 0.05) is 25.2 Å². The maximum absolute atomic E-state index is 14.2. The van der Waals surface area contributed by atoms with Crippen LogP contribution < -0.4 is 0 Å². The summed E-state index contributed by atoms with van der Waals surface area (Å²) in [6.07, 6.45) is -0.454. The lowest BCUT2D eigenvalue weighted by molar-refractivity contribution is 0.00822. The number of piperazine rings is 1. The summed E-state index contributed by atoms with van der Waals surface area (Å²) in [7, 11) is 0. The highest BCUT2D eigenvalue weighted by Crippen LogP contribution is 2.19. The molecule has 0 N–H and O–H groups in total. The minimum absolute atomic E-state index is 0.0154. The molecule has 1 saturated heterocycles. The summed E-state index contributed by atoms with van der Waals surface area (Å²) in [4.78, 5) is 15.5. The quantitative estimate of drug-likeness (QED) is 0.824. The molecular formula is C18H21FN4O2. The topological polar surface area (TPSA) is 80.4 Å². The van der Waals surface area contributed by atoms with Crippen molar-refractivity contribution in [2.24, 2.45) is 0 Å². The molecule has 1 aromatic rings. The highest BCUT2D eigenvalue weighted by atomic mass is 19.1. The Hall–Kier alpha value is -2.64. The third-order valence-electron chi connectivity index (χ3n) is 3.86. The minimum atomic E-state index is -0.600. The van der Waals surface area contributed by atoms with Gasteiger partial charge in [0.1, 0.15) is 23.5 Å². The van der Waals surface area contributed by atoms with Gasteiger partial charge in [-0.05, 0) is 26.8 Å². The van der Waals surface area contributed by atoms with E-state index in [0.29, 0.717) is 18.7 Å². The Bertz CT molecular complexity index is 730. The van der Waals surface area contributed by atoms with Gasteiger partial charge < -0.3 is 9.64 Å². The highest BCUT2D eigenvalue weighted by Gasteiger charge is 2.32. The SMILES string of the molecule is CC(C)(C)OC(=O)N1CCN(Cc2cccc(C#N)c2F)[C@@H](C#N)C1. The van der Waals surface area contributed by atoms with Crippen molar-refractivity contribution >= 4 is 6.09 Å². The summed E-state index contributed by atoms with van der Waals surface area (Å²) in [5.41, 5.74) is -0.250. The Kier molecular flexibility index (Phi) is 5.61. The molecule has 1 aliphatic rings. The Balaban J connectivity index is 2.07. The molecule has 1 fully saturated rings. The maximum Gasteiger partial charge on any atom is 0.410 e. The van der Waals surface area contributed by atoms with Gasteiger partial charge in [-0.1, -0.05) is 12.1 Å². The highest BCUT2D eigenvalue weighted by molar-refractivity contribution is 5.68. The number of nitrogens with zero attached hydrogens (tertiary/aromatic N) is 4. The summed E-state index contributed by atoms with van der Waals surface area (Å²) >= 11 is 0. The summed E-state index contributed by atoms with van der Waals surface area (Å²) in [5, 5.41) is 18.3. The van der Waals surface area contributed by atoms with Crippen LogP contribution in [-0.2, 0) is 11.3 Å². The molecule has 0 saturated carbocycles. The van der Waals surface area contributed by atoms with Gasteiger partial charge in [-0.25, -0.2) is 9.18 Å². The van der Waals surface area contributed by atoms with Crippen molar-refractivity contribution in [1.29, 1.82) is 10.5 Å². The third kappa shape index (κ3) is 4.68. The molecule has 25 heavy (non-hydrogen) atoms. The lowest BCUT2D eigenvalue weighted by Gasteiger charge is -2.38. The molecule has 0 aliphatic carbocycles. The van der Waals surface area contributed by atoms with Crippen LogP contribution in [0.15, 0.2) is 18.2 Å². The smallest absolute Gasteiger partial charge is 0.410 e. The van der Waals surface area contributed by atoms with Crippen LogP contribution in [0.2, 0.25) is 0 Å². The fourth-order valence-electron chi connectivity index (χ4n) is 2.63. The third-order valence-corrected chi connectivity index (χ3v) is 3.86. The van der Waals surface area contributed by atoms with E-state index in [1.807, 2.05) is 6.07 Å². The Labute approximate surface area is 147 Å². The number of carbonyl (C=O) groups is 1. The molecule has 0 spiro atoms. The average Bonchev–Trinajstić information content (AvgIpc) is 2.55. The second kappa shape index (κ2) is 7.50. The van der Waals surface area contributed by atoms with Crippen LogP contribution in [-0.4, -0.2) is 47.2 Å². The van der Waals surface area contributed by atoms with Gasteiger partial charge in [0.05, 0.1) is 18.2 Å². The van der Waals surface area contributed by atoms with E-state index < -0.39 is 23.6 Å². The zero-order chi connectivity index (χ0) is 18.6. The first-order valence-corrected chi connectivity index (χ1v) is 8.04. The molecule has 1 aromatic carbocycles. The van der Waals surface area contributed by atoms with Gasteiger partial charge >= 0.3 is 6.09 Å². The van der Waals surface area contributed by atoms with Crippen LogP contribution in [0.1, 0.15) is 31.9 Å². The Morgan fingerprint density at radius 2 is 2.08 bits per heavy atom. The monoisotopic (exact) mass is 344 g/mol. The van der Waals surface area contributed by atoms with Crippen molar-refractivity contribution in [3.63, 3.8) is 0 Å². The van der Waals surface area contributed by atoms with E-state index in [1.54, 1.807) is 37.8 Å². The predicted molar refractivity (Wildman–Crippen MR) is 88.7 cm³/mol. The molecule has 1 atom stereocenters. The van der Waals surface area contributed by atoms with Crippen LogP contribution in [0.5, 0.6) is 0 Å². The molecule has 2 rings (SSSR count). The number of ether oxygens (including phenoxy) is 1. The number of amides is 1. The first kappa shape index (κ1) is 18.7. The predicted octanol–water partition coefficient (Wildman–Crippen LogP) is 2.64. The minimum Gasteiger partial charge on any atom is -0.444 e. The van der Waals surface area contributed by atoms with E-state index in [4.69, 9.17) is 10.00 Å². The fraction of sp³-hybridized carbons (Fsp3) is 0.500. The summed E-state index contributed by atoms with van der Waals surface area (Å²) in [6, 6.07) is 8.05. The standard InChI is InChI=1S/C18H21FN4O2/c1-18(2,3)25-17(24)23-8-7-22(15(10-21)12-23)11-14-6-4-5-13(9-20)16(14)19/h4-6,15H,7-8,11-12H2,1-3H3/t15-/m0/s1. The Morgan fingerprint density at radius 3 is 2.68 bits per heavy atom. The first-order chi connectivity index (χ1) is 11.7. The van der Waals surface area contributed by atoms with Crippen molar-refractivity contribution in [2.45, 2.75) is 39.0 Å². The molecule has 0 bridgehead atoms. The van der Waals surface area contributed by atoms with Gasteiger partial charge in [0.25, 0.3) is 0 Å². The molecule has 1 aliphatic heterocycles. The van der Waals surface area contributed by atoms with Crippen molar-refractivity contribution in [2.75, 3.05) is 19.6 Å². The largest absolute Gasteiger partial charge is 0.444 e. The van der Waals surface area contributed by atoms with E-state index in [1.165, 1.54) is 11.0 Å². The molecule has 132 valence electrons. The first-order valence-electron chi connectivity index (χ1n) is 8.04. The second-order valence-electron chi connectivity index (χ2n) is 6.93. The number of hydrogen-bond acceptors (Lipinski definition) is 5. The van der Waals surface area contributed by atoms with E-state index >= 15 is 0 Å². The van der Waals surface area contributed by atoms with Gasteiger partial charge in [0.15, 0.2) is 0 Å². The van der Waals surface area contributed by atoms with Gasteiger partial charge in [-0.15, -0.1) is 0 Å². The molecule has 1 heterocycles. The lowest BCUT2D eigenvalue weighted by Crippen LogP contribution is -2.54. The molecule has 6 nitrogen and oxygen atoms in total. The molecule has 0 unspecified atom stereocenters. The number of carbonyl (C=O) groups excluding carboxylic acids is 1. The van der Waals surface area contributed by atoms with Crippen molar-refractivity contribution in [3.8, 4) is 12.1 Å². The summed E-state index contributed by atoms with van der Waals surface area (Å²) in [6.45, 7) is 6.59. The van der Waals surface area contributed by atoms with E-state index in [0.717, 1.165) is 0 Å². The average molecular weight is 344 g/mol. The second-order valence-corrected chi connectivity index (χ2v) is 6.93. The van der Waals surface area contributed by atoms with E-state index in [2.05, 4.69) is 6.07 Å². The van der Waals surface area contributed by atoms with Crippen LogP contribution in [0, 0.1) is 28.5 Å². The lowest BCUT2D eigenvalue weighted by atomic mass is 10.1. The molecule has 0 radical (unpaired) electrons. The van der Waals surface area contributed by atoms with Crippen molar-refractivity contribution in [3.05, 3.63) is 35.1 Å². The molecular weight excluding hydrogens is 323 g/mol. The normalized spacial score (nSPS) is 18.3. The van der Waals surface area contributed by atoms with Crippen molar-refractivity contribution < 1.29 is 13.9 Å². The van der Waals surface area contributed by atoms with Crippen LogP contribution in [0.25, 0.3) is 0 Å². The molecule has 7 heteroatoms. The molecule has 0 aromatic heterocycles. The number of benzene rings is 1. The van der Waals surface area contributed by atoms with Crippen molar-refractivity contribution in [1.82, 2.24) is 9.80 Å². The summed E-state index contributed by atoms with van der Waals surface area (Å²) in [5.74, 6) is -0.559. The number of nitriles is 2.